The molecule has 1 heterocycles. The predicted octanol–water partition coefficient (Wildman–Crippen LogP) is 4.35. The Morgan fingerprint density at radius 3 is 2.50 bits per heavy atom. The number of hydrogen-bond acceptors (Lipinski definition) is 5. The standard InChI is InChI=1S/C20H22FN5OS/c1-12(2)15-6-9-17(10-7-15)26-20(23-24-25-26)28-14(4)19(27)22-16-8-5-13(3)18(21)11-16/h5-12,14H,1-4H3,(H,22,27). The number of aromatic nitrogens is 4. The fraction of sp³-hybridized carbons (Fsp3) is 0.300. The van der Waals surface area contributed by atoms with Gasteiger partial charge in [-0.15, -0.1) is 5.10 Å². The molecular formula is C20H22FN5OS. The van der Waals surface area contributed by atoms with Crippen molar-refractivity contribution in [1.82, 2.24) is 20.2 Å². The van der Waals surface area contributed by atoms with E-state index < -0.39 is 5.25 Å². The molecule has 0 saturated heterocycles. The molecule has 0 aliphatic carbocycles. The van der Waals surface area contributed by atoms with Crippen molar-refractivity contribution in [3.8, 4) is 5.69 Å². The minimum absolute atomic E-state index is 0.252. The topological polar surface area (TPSA) is 72.7 Å². The van der Waals surface area contributed by atoms with Crippen LogP contribution in [0.5, 0.6) is 0 Å². The van der Waals surface area contributed by atoms with Gasteiger partial charge in [0.15, 0.2) is 0 Å². The summed E-state index contributed by atoms with van der Waals surface area (Å²) in [7, 11) is 0. The van der Waals surface area contributed by atoms with Gasteiger partial charge in [0.1, 0.15) is 5.82 Å². The minimum Gasteiger partial charge on any atom is -0.325 e. The molecule has 0 radical (unpaired) electrons. The Hall–Kier alpha value is -2.74. The number of halogens is 1. The number of thioether (sulfide) groups is 1. The van der Waals surface area contributed by atoms with E-state index >= 15 is 0 Å². The monoisotopic (exact) mass is 399 g/mol. The van der Waals surface area contributed by atoms with Gasteiger partial charge in [-0.25, -0.2) is 4.39 Å². The zero-order chi connectivity index (χ0) is 20.3. The highest BCUT2D eigenvalue weighted by Crippen LogP contribution is 2.25. The van der Waals surface area contributed by atoms with Gasteiger partial charge in [-0.2, -0.15) is 4.68 Å². The number of nitrogens with zero attached hydrogens (tertiary/aromatic N) is 4. The number of tetrazole rings is 1. The zero-order valence-electron chi connectivity index (χ0n) is 16.2. The molecule has 6 nitrogen and oxygen atoms in total. The number of rotatable bonds is 6. The number of aryl methyl sites for hydroxylation is 1. The molecule has 1 amide bonds. The van der Waals surface area contributed by atoms with Gasteiger partial charge < -0.3 is 5.32 Å². The summed E-state index contributed by atoms with van der Waals surface area (Å²) >= 11 is 1.24. The van der Waals surface area contributed by atoms with Crippen molar-refractivity contribution in [1.29, 1.82) is 0 Å². The summed E-state index contributed by atoms with van der Waals surface area (Å²) in [4.78, 5) is 12.5. The molecule has 2 aromatic carbocycles. The lowest BCUT2D eigenvalue weighted by Gasteiger charge is -2.12. The van der Waals surface area contributed by atoms with Gasteiger partial charge in [-0.05, 0) is 65.6 Å². The third-order valence-corrected chi connectivity index (χ3v) is 5.37. The normalized spacial score (nSPS) is 12.2. The average Bonchev–Trinajstić information content (AvgIpc) is 3.12. The molecule has 0 fully saturated rings. The van der Waals surface area contributed by atoms with Crippen LogP contribution < -0.4 is 5.32 Å². The minimum atomic E-state index is -0.468. The molecule has 1 N–H and O–H groups in total. The highest BCUT2D eigenvalue weighted by Gasteiger charge is 2.19. The first-order chi connectivity index (χ1) is 13.3. The molecule has 3 aromatic rings. The number of benzene rings is 2. The average molecular weight is 399 g/mol. The summed E-state index contributed by atoms with van der Waals surface area (Å²) in [5.41, 5.74) is 3.00. The Bertz CT molecular complexity index is 971. The van der Waals surface area contributed by atoms with Crippen LogP contribution in [0.25, 0.3) is 5.69 Å². The lowest BCUT2D eigenvalue weighted by molar-refractivity contribution is -0.115. The second-order valence-corrected chi connectivity index (χ2v) is 8.14. The highest BCUT2D eigenvalue weighted by atomic mass is 32.2. The lowest BCUT2D eigenvalue weighted by atomic mass is 10.0. The van der Waals surface area contributed by atoms with Crippen molar-refractivity contribution < 1.29 is 9.18 Å². The van der Waals surface area contributed by atoms with Gasteiger partial charge in [0, 0.05) is 5.69 Å². The summed E-state index contributed by atoms with van der Waals surface area (Å²) in [5, 5.41) is 14.6. The summed E-state index contributed by atoms with van der Waals surface area (Å²) in [6.07, 6.45) is 0. The van der Waals surface area contributed by atoms with Crippen molar-refractivity contribution in [2.75, 3.05) is 5.32 Å². The van der Waals surface area contributed by atoms with E-state index in [0.29, 0.717) is 22.3 Å². The van der Waals surface area contributed by atoms with Gasteiger partial charge in [-0.3, -0.25) is 4.79 Å². The molecule has 0 bridgehead atoms. The number of carbonyl (C=O) groups excluding carboxylic acids is 1. The number of hydrogen-bond donors (Lipinski definition) is 1. The molecule has 0 saturated carbocycles. The second kappa shape index (κ2) is 8.52. The maximum Gasteiger partial charge on any atom is 0.237 e. The van der Waals surface area contributed by atoms with Crippen LogP contribution in [0.3, 0.4) is 0 Å². The third-order valence-electron chi connectivity index (χ3n) is 4.34. The molecule has 0 aliphatic rings. The van der Waals surface area contributed by atoms with Gasteiger partial charge in [0.05, 0.1) is 10.9 Å². The van der Waals surface area contributed by atoms with Crippen LogP contribution >= 0.6 is 11.8 Å². The van der Waals surface area contributed by atoms with Gasteiger partial charge >= 0.3 is 0 Å². The van der Waals surface area contributed by atoms with Gasteiger partial charge in [0.2, 0.25) is 11.1 Å². The molecule has 146 valence electrons. The Kier molecular flexibility index (Phi) is 6.08. The molecular weight excluding hydrogens is 377 g/mol. The smallest absolute Gasteiger partial charge is 0.237 e. The van der Waals surface area contributed by atoms with E-state index in [1.807, 2.05) is 24.3 Å². The predicted molar refractivity (Wildman–Crippen MR) is 108 cm³/mol. The van der Waals surface area contributed by atoms with E-state index in [1.54, 1.807) is 30.7 Å². The number of anilines is 1. The van der Waals surface area contributed by atoms with Crippen LogP contribution in [0.4, 0.5) is 10.1 Å². The summed E-state index contributed by atoms with van der Waals surface area (Å²) in [5.74, 6) is -0.169. The molecule has 1 atom stereocenters. The first kappa shape index (κ1) is 20.0. The molecule has 28 heavy (non-hydrogen) atoms. The lowest BCUT2D eigenvalue weighted by Crippen LogP contribution is -2.23. The first-order valence-electron chi connectivity index (χ1n) is 8.97. The van der Waals surface area contributed by atoms with E-state index in [4.69, 9.17) is 0 Å². The Labute approximate surface area is 167 Å². The molecule has 8 heteroatoms. The van der Waals surface area contributed by atoms with E-state index in [1.165, 1.54) is 23.4 Å². The number of carbonyl (C=O) groups is 1. The van der Waals surface area contributed by atoms with Crippen molar-refractivity contribution in [3.05, 3.63) is 59.4 Å². The van der Waals surface area contributed by atoms with Crippen molar-refractivity contribution >= 4 is 23.4 Å². The Balaban J connectivity index is 1.70. The SMILES string of the molecule is Cc1ccc(NC(=O)C(C)Sc2nnnn2-c2ccc(C(C)C)cc2)cc1F. The first-order valence-corrected chi connectivity index (χ1v) is 9.85. The quantitative estimate of drug-likeness (QED) is 0.624. The van der Waals surface area contributed by atoms with Crippen molar-refractivity contribution in [3.63, 3.8) is 0 Å². The molecule has 3 rings (SSSR count). The fourth-order valence-corrected chi connectivity index (χ4v) is 3.35. The van der Waals surface area contributed by atoms with E-state index in [0.717, 1.165) is 5.69 Å². The van der Waals surface area contributed by atoms with Crippen LogP contribution in [0.15, 0.2) is 47.6 Å². The number of amides is 1. The second-order valence-electron chi connectivity index (χ2n) is 6.83. The molecule has 1 aromatic heterocycles. The van der Waals surface area contributed by atoms with Crippen LogP contribution in [0, 0.1) is 12.7 Å². The molecule has 0 aliphatic heterocycles. The van der Waals surface area contributed by atoms with Crippen molar-refractivity contribution in [2.45, 2.75) is 44.0 Å². The third kappa shape index (κ3) is 4.56. The number of nitrogens with one attached hydrogen (secondary N) is 1. The van der Waals surface area contributed by atoms with E-state index in [9.17, 15) is 9.18 Å². The van der Waals surface area contributed by atoms with Crippen LogP contribution in [-0.4, -0.2) is 31.4 Å². The maximum atomic E-state index is 13.7. The van der Waals surface area contributed by atoms with E-state index in [-0.39, 0.29) is 11.7 Å². The van der Waals surface area contributed by atoms with Gasteiger partial charge in [-0.1, -0.05) is 43.8 Å². The Morgan fingerprint density at radius 2 is 1.86 bits per heavy atom. The summed E-state index contributed by atoms with van der Waals surface area (Å²) < 4.78 is 15.3. The van der Waals surface area contributed by atoms with E-state index in [2.05, 4.69) is 34.7 Å². The highest BCUT2D eigenvalue weighted by molar-refractivity contribution is 8.00. The molecule has 1 unspecified atom stereocenters. The van der Waals surface area contributed by atoms with Crippen LogP contribution in [0.1, 0.15) is 37.8 Å². The summed E-state index contributed by atoms with van der Waals surface area (Å²) in [6, 6.07) is 12.6. The van der Waals surface area contributed by atoms with Crippen LogP contribution in [-0.2, 0) is 4.79 Å². The summed E-state index contributed by atoms with van der Waals surface area (Å²) in [6.45, 7) is 7.69. The maximum absolute atomic E-state index is 13.7. The fourth-order valence-electron chi connectivity index (χ4n) is 2.54. The zero-order valence-corrected chi connectivity index (χ0v) is 17.0. The largest absolute Gasteiger partial charge is 0.325 e. The Morgan fingerprint density at radius 1 is 1.14 bits per heavy atom. The molecule has 0 spiro atoms. The van der Waals surface area contributed by atoms with Crippen molar-refractivity contribution in [2.24, 2.45) is 0 Å². The van der Waals surface area contributed by atoms with Crippen LogP contribution in [0.2, 0.25) is 0 Å². The van der Waals surface area contributed by atoms with Gasteiger partial charge in [0.25, 0.3) is 0 Å².